The Balaban J connectivity index is 1.16. The Hall–Kier alpha value is -3.48. The highest BCUT2D eigenvalue weighted by atomic mass is 16.5. The predicted molar refractivity (Wildman–Crippen MR) is 155 cm³/mol. The molecular formula is C32H39N7O2. The third-order valence-corrected chi connectivity index (χ3v) is 9.72. The molecule has 2 aliphatic carbocycles. The van der Waals surface area contributed by atoms with Crippen LogP contribution in [-0.2, 0) is 24.3 Å². The number of anilines is 1. The number of carbonyl (C=O) groups is 1. The summed E-state index contributed by atoms with van der Waals surface area (Å²) in [6.45, 7) is 8.75. The highest BCUT2D eigenvalue weighted by Gasteiger charge is 2.39. The Morgan fingerprint density at radius 1 is 1.10 bits per heavy atom. The summed E-state index contributed by atoms with van der Waals surface area (Å²) in [5.74, 6) is 0.780. The quantitative estimate of drug-likeness (QED) is 0.458. The van der Waals surface area contributed by atoms with Crippen LogP contribution in [0.25, 0.3) is 0 Å². The number of likely N-dealkylation sites (tertiary alicyclic amines) is 1. The number of piperazine rings is 1. The van der Waals surface area contributed by atoms with Crippen molar-refractivity contribution >= 4 is 11.7 Å². The number of aryl methyl sites for hydroxylation is 1. The molecule has 1 aromatic carbocycles. The summed E-state index contributed by atoms with van der Waals surface area (Å²) in [4.78, 5) is 31.8. The molecule has 4 heterocycles. The number of hydrogen-bond acceptors (Lipinski definition) is 8. The highest BCUT2D eigenvalue weighted by molar-refractivity contribution is 5.87. The van der Waals surface area contributed by atoms with Crippen molar-refractivity contribution in [1.82, 2.24) is 24.7 Å². The third-order valence-electron chi connectivity index (χ3n) is 9.72. The van der Waals surface area contributed by atoms with Crippen molar-refractivity contribution in [1.29, 1.82) is 5.26 Å². The van der Waals surface area contributed by atoms with E-state index in [-0.39, 0.29) is 18.4 Å². The molecule has 3 fully saturated rings. The van der Waals surface area contributed by atoms with Gasteiger partial charge in [0.1, 0.15) is 12.4 Å². The molecule has 0 bridgehead atoms. The number of nitrogens with zero attached hydrogens (tertiary/aromatic N) is 7. The Bertz CT molecular complexity index is 1370. The smallest absolute Gasteiger partial charge is 0.318 e. The molecule has 1 amide bonds. The number of aromatic nitrogens is 2. The lowest BCUT2D eigenvalue weighted by Crippen LogP contribution is -2.55. The van der Waals surface area contributed by atoms with Crippen molar-refractivity contribution in [2.45, 2.75) is 82.2 Å². The Labute approximate surface area is 242 Å². The highest BCUT2D eigenvalue weighted by Crippen LogP contribution is 2.42. The van der Waals surface area contributed by atoms with Crippen molar-refractivity contribution in [2.75, 3.05) is 37.7 Å². The van der Waals surface area contributed by atoms with Gasteiger partial charge in [-0.3, -0.25) is 14.6 Å². The second kappa shape index (κ2) is 11.1. The van der Waals surface area contributed by atoms with E-state index in [2.05, 4.69) is 51.6 Å². The van der Waals surface area contributed by atoms with Crippen LogP contribution in [0.4, 0.5) is 5.82 Å². The van der Waals surface area contributed by atoms with Crippen LogP contribution in [0.1, 0.15) is 67.0 Å². The molecular weight excluding hydrogens is 514 g/mol. The van der Waals surface area contributed by atoms with Crippen molar-refractivity contribution in [2.24, 2.45) is 0 Å². The topological polar surface area (TPSA) is 88.8 Å². The van der Waals surface area contributed by atoms with E-state index in [4.69, 9.17) is 14.7 Å². The average Bonchev–Trinajstić information content (AvgIpc) is 3.38. The molecule has 0 spiro atoms. The number of benzene rings is 1. The molecule has 7 rings (SSSR count). The van der Waals surface area contributed by atoms with Gasteiger partial charge in [0.15, 0.2) is 0 Å². The van der Waals surface area contributed by atoms with Crippen LogP contribution >= 0.6 is 0 Å². The molecule has 41 heavy (non-hydrogen) atoms. The van der Waals surface area contributed by atoms with Gasteiger partial charge in [-0.2, -0.15) is 15.2 Å². The number of amides is 1. The average molecular weight is 554 g/mol. The number of fused-ring (bicyclic) bond motifs is 2. The number of hydrogen-bond donors (Lipinski definition) is 0. The van der Waals surface area contributed by atoms with Gasteiger partial charge in [0.05, 0.1) is 24.2 Å². The van der Waals surface area contributed by atoms with Crippen LogP contribution in [-0.4, -0.2) is 81.5 Å². The van der Waals surface area contributed by atoms with E-state index in [1.165, 1.54) is 43.0 Å². The first-order valence-electron chi connectivity index (χ1n) is 15.3. The lowest BCUT2D eigenvalue weighted by Gasteiger charge is -2.41. The zero-order valence-electron chi connectivity index (χ0n) is 23.7. The number of nitriles is 1. The summed E-state index contributed by atoms with van der Waals surface area (Å²) < 4.78 is 6.38. The van der Waals surface area contributed by atoms with Crippen LogP contribution < -0.4 is 9.64 Å². The molecule has 3 aliphatic heterocycles. The van der Waals surface area contributed by atoms with Crippen LogP contribution in [0.5, 0.6) is 6.01 Å². The molecule has 214 valence electrons. The van der Waals surface area contributed by atoms with Gasteiger partial charge in [0, 0.05) is 56.4 Å². The molecule has 0 radical (unpaired) electrons. The lowest BCUT2D eigenvalue weighted by atomic mass is 10.1. The van der Waals surface area contributed by atoms with Crippen molar-refractivity contribution in [3.8, 4) is 12.1 Å². The summed E-state index contributed by atoms with van der Waals surface area (Å²) in [7, 11) is 0. The number of carbonyl (C=O) groups excluding carboxylic acids is 1. The zero-order valence-corrected chi connectivity index (χ0v) is 23.7. The first kappa shape index (κ1) is 26.4. The Morgan fingerprint density at radius 3 is 2.80 bits per heavy atom. The second-order valence-electron chi connectivity index (χ2n) is 12.2. The molecule has 5 aliphatic rings. The maximum absolute atomic E-state index is 12.5. The van der Waals surface area contributed by atoms with Gasteiger partial charge >= 0.3 is 6.01 Å². The van der Waals surface area contributed by atoms with Crippen LogP contribution in [0.3, 0.4) is 0 Å². The van der Waals surface area contributed by atoms with Gasteiger partial charge in [-0.1, -0.05) is 30.8 Å². The summed E-state index contributed by atoms with van der Waals surface area (Å²) in [5.41, 5.74) is 5.07. The van der Waals surface area contributed by atoms with Gasteiger partial charge in [-0.15, -0.1) is 0 Å². The van der Waals surface area contributed by atoms with Crippen LogP contribution in [0, 0.1) is 11.3 Å². The minimum absolute atomic E-state index is 0.121. The van der Waals surface area contributed by atoms with Gasteiger partial charge in [0.25, 0.3) is 0 Å². The van der Waals surface area contributed by atoms with E-state index < -0.39 is 0 Å². The number of rotatable bonds is 8. The van der Waals surface area contributed by atoms with E-state index in [1.54, 1.807) is 4.90 Å². The van der Waals surface area contributed by atoms with E-state index >= 15 is 0 Å². The van der Waals surface area contributed by atoms with Gasteiger partial charge in [-0.05, 0) is 62.3 Å². The van der Waals surface area contributed by atoms with E-state index in [0.29, 0.717) is 44.3 Å². The molecule has 9 heteroatoms. The van der Waals surface area contributed by atoms with Crippen molar-refractivity contribution < 1.29 is 9.53 Å². The van der Waals surface area contributed by atoms with E-state index in [9.17, 15) is 10.1 Å². The number of ether oxygens (including phenoxy) is 1. The SMILES string of the molecule is C=CC(=O)N1CCN(c2nc(OCC3CCCN3C3CC3)nc3c2CN(C2CCc4ccccc42)C3)C[C@@H]1CC#N. The fraction of sp³-hybridized carbons (Fsp3) is 0.562. The summed E-state index contributed by atoms with van der Waals surface area (Å²) in [6.07, 6.45) is 8.85. The molecule has 2 saturated heterocycles. The van der Waals surface area contributed by atoms with Gasteiger partial charge in [0.2, 0.25) is 5.91 Å². The molecule has 2 unspecified atom stereocenters. The van der Waals surface area contributed by atoms with Gasteiger partial charge < -0.3 is 14.5 Å². The first-order valence-corrected chi connectivity index (χ1v) is 15.3. The first-order chi connectivity index (χ1) is 20.1. The normalized spacial score (nSPS) is 26.1. The van der Waals surface area contributed by atoms with Crippen molar-refractivity contribution in [3.05, 3.63) is 59.3 Å². The van der Waals surface area contributed by atoms with E-state index in [1.807, 2.05) is 0 Å². The fourth-order valence-electron chi connectivity index (χ4n) is 7.53. The minimum Gasteiger partial charge on any atom is -0.462 e. The fourth-order valence-corrected chi connectivity index (χ4v) is 7.53. The lowest BCUT2D eigenvalue weighted by molar-refractivity contribution is -0.128. The van der Waals surface area contributed by atoms with Crippen LogP contribution in [0.2, 0.25) is 0 Å². The molecule has 1 aromatic heterocycles. The summed E-state index contributed by atoms with van der Waals surface area (Å²) in [6, 6.07) is 12.9. The molecule has 0 N–H and O–H groups in total. The zero-order chi connectivity index (χ0) is 27.9. The van der Waals surface area contributed by atoms with Crippen molar-refractivity contribution in [3.63, 3.8) is 0 Å². The summed E-state index contributed by atoms with van der Waals surface area (Å²) in [5, 5.41) is 9.53. The standard InChI is InChI=1S/C32H39N7O2/c1-2-30(40)39-17-16-36(18-24(39)13-14-33)31-27-19-37(29-12-9-22-6-3-4-8-26(22)29)20-28(27)34-32(35-31)41-21-25-7-5-15-38(25)23-10-11-23/h2-4,6,8,23-25,29H,1,5,7,9-13,15-21H2/t24-,25?,29?/m0/s1. The second-order valence-corrected chi connectivity index (χ2v) is 12.2. The third kappa shape index (κ3) is 5.08. The summed E-state index contributed by atoms with van der Waals surface area (Å²) >= 11 is 0. The molecule has 3 atom stereocenters. The Kier molecular flexibility index (Phi) is 7.13. The molecule has 1 saturated carbocycles. The molecule has 9 nitrogen and oxygen atoms in total. The Morgan fingerprint density at radius 2 is 1.98 bits per heavy atom. The molecule has 2 aromatic rings. The maximum Gasteiger partial charge on any atom is 0.318 e. The van der Waals surface area contributed by atoms with E-state index in [0.717, 1.165) is 55.5 Å². The predicted octanol–water partition coefficient (Wildman–Crippen LogP) is 3.60. The van der Waals surface area contributed by atoms with Gasteiger partial charge in [-0.25, -0.2) is 0 Å². The van der Waals surface area contributed by atoms with Crippen LogP contribution in [0.15, 0.2) is 36.9 Å². The maximum atomic E-state index is 12.5. The minimum atomic E-state index is -0.209. The monoisotopic (exact) mass is 553 g/mol. The largest absolute Gasteiger partial charge is 0.462 e.